The lowest BCUT2D eigenvalue weighted by molar-refractivity contribution is 0.415. The van der Waals surface area contributed by atoms with E-state index in [0.29, 0.717) is 10.8 Å². The first-order valence-electron chi connectivity index (χ1n) is 5.04. The van der Waals surface area contributed by atoms with Gasteiger partial charge in [0.25, 0.3) is 0 Å². The quantitative estimate of drug-likeness (QED) is 0.775. The van der Waals surface area contributed by atoms with Gasteiger partial charge in [-0.15, -0.1) is 0 Å². The number of H-pyrrole nitrogens is 1. The largest absolute Gasteiger partial charge is 0.495 e. The van der Waals surface area contributed by atoms with Crippen molar-refractivity contribution in [1.29, 1.82) is 0 Å². The highest BCUT2D eigenvalue weighted by atomic mass is 35.5. The second-order valence-corrected chi connectivity index (χ2v) is 3.37. The predicted octanol–water partition coefficient (Wildman–Crippen LogP) is 4.16. The van der Waals surface area contributed by atoms with E-state index in [0.717, 1.165) is 16.6 Å². The SMILES string of the molecule is CC.COc1ccc2[nH]c(C)cc2c1Cl. The molecule has 0 saturated heterocycles. The Bertz CT molecular complexity index is 448. The van der Waals surface area contributed by atoms with Gasteiger partial charge in [-0.2, -0.15) is 0 Å². The Kier molecular flexibility index (Phi) is 4.04. The number of benzene rings is 1. The lowest BCUT2D eigenvalue weighted by Gasteiger charge is -2.02. The van der Waals surface area contributed by atoms with Crippen LogP contribution in [0.1, 0.15) is 19.5 Å². The molecule has 0 radical (unpaired) electrons. The summed E-state index contributed by atoms with van der Waals surface area (Å²) in [5.41, 5.74) is 2.15. The van der Waals surface area contributed by atoms with Gasteiger partial charge in [0.1, 0.15) is 5.75 Å². The van der Waals surface area contributed by atoms with Crippen molar-refractivity contribution in [1.82, 2.24) is 4.98 Å². The van der Waals surface area contributed by atoms with Crippen molar-refractivity contribution in [2.24, 2.45) is 0 Å². The van der Waals surface area contributed by atoms with E-state index in [9.17, 15) is 0 Å². The van der Waals surface area contributed by atoms with Gasteiger partial charge < -0.3 is 9.72 Å². The first-order chi connectivity index (χ1) is 7.22. The second kappa shape index (κ2) is 5.08. The Hall–Kier alpha value is -1.15. The molecule has 0 saturated carbocycles. The van der Waals surface area contributed by atoms with Crippen LogP contribution in [0.15, 0.2) is 18.2 Å². The van der Waals surface area contributed by atoms with Crippen LogP contribution in [0.4, 0.5) is 0 Å². The fourth-order valence-electron chi connectivity index (χ4n) is 1.45. The molecule has 0 unspecified atom stereocenters. The molecule has 0 fully saturated rings. The number of nitrogens with one attached hydrogen (secondary N) is 1. The van der Waals surface area contributed by atoms with Crippen LogP contribution in [0.2, 0.25) is 5.02 Å². The Morgan fingerprint density at radius 1 is 1.27 bits per heavy atom. The molecule has 82 valence electrons. The third-order valence-electron chi connectivity index (χ3n) is 2.06. The molecule has 0 bridgehead atoms. The van der Waals surface area contributed by atoms with E-state index in [1.807, 2.05) is 39.0 Å². The Morgan fingerprint density at radius 3 is 2.53 bits per heavy atom. The summed E-state index contributed by atoms with van der Waals surface area (Å²) >= 11 is 6.11. The molecule has 1 heterocycles. The maximum Gasteiger partial charge on any atom is 0.138 e. The normalized spacial score (nSPS) is 9.67. The summed E-state index contributed by atoms with van der Waals surface area (Å²) in [6.07, 6.45) is 0. The molecule has 0 amide bonds. The van der Waals surface area contributed by atoms with Gasteiger partial charge in [0, 0.05) is 16.6 Å². The van der Waals surface area contributed by atoms with Crippen molar-refractivity contribution < 1.29 is 4.74 Å². The number of fused-ring (bicyclic) bond motifs is 1. The number of rotatable bonds is 1. The lowest BCUT2D eigenvalue weighted by Crippen LogP contribution is -1.83. The fraction of sp³-hybridized carbons (Fsp3) is 0.333. The molecule has 3 heteroatoms. The maximum absolute atomic E-state index is 6.11. The van der Waals surface area contributed by atoms with Gasteiger partial charge in [-0.25, -0.2) is 0 Å². The highest BCUT2D eigenvalue weighted by Gasteiger charge is 2.06. The minimum atomic E-state index is 0.671. The van der Waals surface area contributed by atoms with Crippen molar-refractivity contribution in [3.8, 4) is 5.75 Å². The zero-order valence-corrected chi connectivity index (χ0v) is 10.3. The Labute approximate surface area is 95.2 Å². The zero-order chi connectivity index (χ0) is 11.4. The van der Waals surface area contributed by atoms with Crippen LogP contribution >= 0.6 is 11.6 Å². The van der Waals surface area contributed by atoms with Gasteiger partial charge in [-0.1, -0.05) is 25.4 Å². The van der Waals surface area contributed by atoms with Crippen molar-refractivity contribution >= 4 is 22.5 Å². The fourth-order valence-corrected chi connectivity index (χ4v) is 1.74. The molecule has 2 nitrogen and oxygen atoms in total. The predicted molar refractivity (Wildman–Crippen MR) is 65.9 cm³/mol. The first kappa shape index (κ1) is 11.9. The topological polar surface area (TPSA) is 25.0 Å². The second-order valence-electron chi connectivity index (χ2n) is 3.00. The van der Waals surface area contributed by atoms with Crippen LogP contribution in [-0.4, -0.2) is 12.1 Å². The van der Waals surface area contributed by atoms with Gasteiger partial charge in [-0.3, -0.25) is 0 Å². The van der Waals surface area contributed by atoms with Crippen LogP contribution in [0.5, 0.6) is 5.75 Å². The number of halogens is 1. The third kappa shape index (κ3) is 2.26. The van der Waals surface area contributed by atoms with E-state index in [2.05, 4.69) is 4.98 Å². The van der Waals surface area contributed by atoms with Crippen LogP contribution in [0.3, 0.4) is 0 Å². The van der Waals surface area contributed by atoms with E-state index < -0.39 is 0 Å². The molecule has 0 aliphatic carbocycles. The lowest BCUT2D eigenvalue weighted by atomic mass is 10.2. The number of aryl methyl sites for hydroxylation is 1. The summed E-state index contributed by atoms with van der Waals surface area (Å²) in [5.74, 6) is 0.716. The van der Waals surface area contributed by atoms with E-state index in [-0.39, 0.29) is 0 Å². The summed E-state index contributed by atoms with van der Waals surface area (Å²) in [4.78, 5) is 3.21. The summed E-state index contributed by atoms with van der Waals surface area (Å²) in [5, 5.41) is 1.68. The smallest absolute Gasteiger partial charge is 0.138 e. The van der Waals surface area contributed by atoms with Crippen molar-refractivity contribution in [2.75, 3.05) is 7.11 Å². The number of hydrogen-bond donors (Lipinski definition) is 1. The van der Waals surface area contributed by atoms with Gasteiger partial charge in [0.15, 0.2) is 0 Å². The summed E-state index contributed by atoms with van der Waals surface area (Å²) in [6, 6.07) is 5.84. The van der Waals surface area contributed by atoms with Crippen molar-refractivity contribution in [3.63, 3.8) is 0 Å². The highest BCUT2D eigenvalue weighted by molar-refractivity contribution is 6.37. The number of methoxy groups -OCH3 is 1. The summed E-state index contributed by atoms with van der Waals surface area (Å²) in [7, 11) is 1.62. The van der Waals surface area contributed by atoms with Gasteiger partial charge in [0.05, 0.1) is 12.1 Å². The molecule has 1 N–H and O–H groups in total. The maximum atomic E-state index is 6.11. The number of ether oxygens (including phenoxy) is 1. The molecular weight excluding hydrogens is 210 g/mol. The molecule has 1 aromatic carbocycles. The molecule has 0 atom stereocenters. The van der Waals surface area contributed by atoms with Crippen molar-refractivity contribution in [3.05, 3.63) is 28.9 Å². The molecule has 15 heavy (non-hydrogen) atoms. The molecule has 0 aliphatic heterocycles. The van der Waals surface area contributed by atoms with E-state index in [1.165, 1.54) is 0 Å². The Morgan fingerprint density at radius 2 is 1.93 bits per heavy atom. The highest BCUT2D eigenvalue weighted by Crippen LogP contribution is 2.32. The number of aromatic amines is 1. The van der Waals surface area contributed by atoms with Gasteiger partial charge >= 0.3 is 0 Å². The third-order valence-corrected chi connectivity index (χ3v) is 2.45. The van der Waals surface area contributed by atoms with E-state index in [1.54, 1.807) is 7.11 Å². The number of aromatic nitrogens is 1. The Balaban J connectivity index is 0.000000531. The number of hydrogen-bond acceptors (Lipinski definition) is 1. The molecule has 2 aromatic rings. The minimum Gasteiger partial charge on any atom is -0.495 e. The molecule has 0 spiro atoms. The van der Waals surface area contributed by atoms with Gasteiger partial charge in [-0.05, 0) is 25.1 Å². The minimum absolute atomic E-state index is 0.671. The molecule has 0 aliphatic rings. The first-order valence-corrected chi connectivity index (χ1v) is 5.42. The zero-order valence-electron chi connectivity index (χ0n) is 9.52. The molecule has 2 rings (SSSR count). The standard InChI is InChI=1S/C10H10ClNO.C2H6/c1-6-5-7-8(12-6)3-4-9(13-2)10(7)11;1-2/h3-5,12H,1-2H3;1-2H3. The monoisotopic (exact) mass is 225 g/mol. The summed E-state index contributed by atoms with van der Waals surface area (Å²) < 4.78 is 5.12. The van der Waals surface area contributed by atoms with Crippen LogP contribution in [0.25, 0.3) is 10.9 Å². The average molecular weight is 226 g/mol. The van der Waals surface area contributed by atoms with Gasteiger partial charge in [0.2, 0.25) is 0 Å². The average Bonchev–Trinajstić information content (AvgIpc) is 2.63. The van der Waals surface area contributed by atoms with Crippen LogP contribution < -0.4 is 4.74 Å². The van der Waals surface area contributed by atoms with Crippen molar-refractivity contribution in [2.45, 2.75) is 20.8 Å². The van der Waals surface area contributed by atoms with E-state index >= 15 is 0 Å². The summed E-state index contributed by atoms with van der Waals surface area (Å²) in [6.45, 7) is 6.00. The molecule has 1 aromatic heterocycles. The van der Waals surface area contributed by atoms with Crippen LogP contribution in [0, 0.1) is 6.92 Å². The molecular formula is C12H16ClNO. The van der Waals surface area contributed by atoms with Crippen LogP contribution in [-0.2, 0) is 0 Å². The van der Waals surface area contributed by atoms with E-state index in [4.69, 9.17) is 16.3 Å².